The van der Waals surface area contributed by atoms with Gasteiger partial charge in [-0.05, 0) is 37.3 Å². The predicted octanol–water partition coefficient (Wildman–Crippen LogP) is 4.57. The smallest absolute Gasteiger partial charge is 0.159 e. The number of ketones is 1. The lowest BCUT2D eigenvalue weighted by molar-refractivity contribution is 0.101. The van der Waals surface area contributed by atoms with Gasteiger partial charge in [-0.15, -0.1) is 0 Å². The van der Waals surface area contributed by atoms with Gasteiger partial charge in [-0.3, -0.25) is 4.79 Å². The molecule has 0 aliphatic rings. The maximum atomic E-state index is 11.3. The van der Waals surface area contributed by atoms with Crippen LogP contribution in [0.4, 0.5) is 5.69 Å². The normalized spacial score (nSPS) is 10.3. The van der Waals surface area contributed by atoms with Crippen LogP contribution >= 0.6 is 23.2 Å². The first kappa shape index (κ1) is 13.7. The van der Waals surface area contributed by atoms with Crippen molar-refractivity contribution >= 4 is 34.7 Å². The minimum absolute atomic E-state index is 0.0676. The Morgan fingerprint density at radius 1 is 1.16 bits per heavy atom. The van der Waals surface area contributed by atoms with Gasteiger partial charge in [0.15, 0.2) is 11.5 Å². The third kappa shape index (κ3) is 3.00. The lowest BCUT2D eigenvalue weighted by Crippen LogP contribution is -1.97. The molecule has 19 heavy (non-hydrogen) atoms. The monoisotopic (exact) mass is 295 g/mol. The van der Waals surface area contributed by atoms with Crippen LogP contribution in [0.1, 0.15) is 17.3 Å². The number of ether oxygens (including phenoxy) is 1. The molecule has 5 heteroatoms. The van der Waals surface area contributed by atoms with Crippen LogP contribution in [0.3, 0.4) is 0 Å². The number of rotatable bonds is 3. The number of nitrogen functional groups attached to an aromatic ring is 1. The molecule has 0 spiro atoms. The van der Waals surface area contributed by atoms with Crippen molar-refractivity contribution in [1.82, 2.24) is 0 Å². The third-order valence-corrected chi connectivity index (χ3v) is 3.36. The van der Waals surface area contributed by atoms with Gasteiger partial charge in [0.1, 0.15) is 10.8 Å². The van der Waals surface area contributed by atoms with Gasteiger partial charge < -0.3 is 10.5 Å². The van der Waals surface area contributed by atoms with E-state index in [4.69, 9.17) is 33.7 Å². The van der Waals surface area contributed by atoms with E-state index in [2.05, 4.69) is 0 Å². The fourth-order valence-corrected chi connectivity index (χ4v) is 1.85. The molecule has 0 aliphatic heterocycles. The molecule has 2 N–H and O–H groups in total. The number of hydrogen-bond acceptors (Lipinski definition) is 3. The number of carbonyl (C=O) groups is 1. The highest BCUT2D eigenvalue weighted by molar-refractivity contribution is 6.42. The highest BCUT2D eigenvalue weighted by Gasteiger charge is 2.10. The van der Waals surface area contributed by atoms with E-state index in [9.17, 15) is 4.79 Å². The van der Waals surface area contributed by atoms with Crippen molar-refractivity contribution in [2.45, 2.75) is 6.92 Å². The first-order valence-electron chi connectivity index (χ1n) is 5.51. The van der Waals surface area contributed by atoms with Crippen LogP contribution in [0.25, 0.3) is 0 Å². The summed E-state index contributed by atoms with van der Waals surface area (Å²) in [7, 11) is 0. The van der Waals surface area contributed by atoms with Gasteiger partial charge in [0.05, 0.1) is 10.7 Å². The summed E-state index contributed by atoms with van der Waals surface area (Å²) in [6, 6.07) is 9.89. The van der Waals surface area contributed by atoms with Crippen LogP contribution in [-0.2, 0) is 0 Å². The lowest BCUT2D eigenvalue weighted by atomic mass is 10.1. The Hall–Kier alpha value is -1.71. The molecule has 3 nitrogen and oxygen atoms in total. The number of Topliss-reactive ketones (excluding diaryl/α,β-unsaturated/α-hetero) is 1. The van der Waals surface area contributed by atoms with Gasteiger partial charge >= 0.3 is 0 Å². The second-order valence-corrected chi connectivity index (χ2v) is 4.75. The summed E-state index contributed by atoms with van der Waals surface area (Å²) >= 11 is 11.9. The maximum absolute atomic E-state index is 11.3. The summed E-state index contributed by atoms with van der Waals surface area (Å²) in [6.45, 7) is 1.47. The largest absolute Gasteiger partial charge is 0.454 e. The van der Waals surface area contributed by atoms with Crippen LogP contribution in [0.5, 0.6) is 11.5 Å². The Bertz CT molecular complexity index is 641. The number of halogens is 2. The molecule has 0 aromatic heterocycles. The molecular weight excluding hydrogens is 285 g/mol. The lowest BCUT2D eigenvalue weighted by Gasteiger charge is -2.11. The summed E-state index contributed by atoms with van der Waals surface area (Å²) in [4.78, 5) is 11.3. The molecule has 0 fully saturated rings. The van der Waals surface area contributed by atoms with Crippen molar-refractivity contribution in [1.29, 1.82) is 0 Å². The zero-order valence-corrected chi connectivity index (χ0v) is 11.6. The molecule has 2 aromatic rings. The standard InChI is InChI=1S/C14H11Cl2NO2/c1-8(18)9-5-6-11(17)13(7-9)19-12-4-2-3-10(15)14(12)16/h2-7H,17H2,1H3. The highest BCUT2D eigenvalue weighted by atomic mass is 35.5. The molecule has 0 aliphatic carbocycles. The quantitative estimate of drug-likeness (QED) is 0.666. The van der Waals surface area contributed by atoms with E-state index in [1.54, 1.807) is 36.4 Å². The van der Waals surface area contributed by atoms with Gasteiger partial charge in [0.25, 0.3) is 0 Å². The Kier molecular flexibility index (Phi) is 3.98. The second-order valence-electron chi connectivity index (χ2n) is 3.96. The average molecular weight is 296 g/mol. The molecule has 0 atom stereocenters. The SMILES string of the molecule is CC(=O)c1ccc(N)c(Oc2cccc(Cl)c2Cl)c1. The van der Waals surface area contributed by atoms with E-state index in [0.717, 1.165) is 0 Å². The van der Waals surface area contributed by atoms with Crippen molar-refractivity contribution in [2.75, 3.05) is 5.73 Å². The first-order chi connectivity index (χ1) is 8.99. The summed E-state index contributed by atoms with van der Waals surface area (Å²) < 4.78 is 5.62. The van der Waals surface area contributed by atoms with E-state index in [1.807, 2.05) is 0 Å². The van der Waals surface area contributed by atoms with Gasteiger partial charge in [0.2, 0.25) is 0 Å². The third-order valence-electron chi connectivity index (χ3n) is 2.56. The van der Waals surface area contributed by atoms with Crippen molar-refractivity contribution in [3.63, 3.8) is 0 Å². The maximum Gasteiger partial charge on any atom is 0.159 e. The molecule has 2 aromatic carbocycles. The van der Waals surface area contributed by atoms with Gasteiger partial charge in [0, 0.05) is 5.56 Å². The van der Waals surface area contributed by atoms with Crippen molar-refractivity contribution in [2.24, 2.45) is 0 Å². The topological polar surface area (TPSA) is 52.3 Å². The molecule has 0 unspecified atom stereocenters. The molecular formula is C14H11Cl2NO2. The van der Waals surface area contributed by atoms with E-state index in [0.29, 0.717) is 32.8 Å². The summed E-state index contributed by atoms with van der Waals surface area (Å²) in [6.07, 6.45) is 0. The molecule has 0 bridgehead atoms. The zero-order valence-electron chi connectivity index (χ0n) is 10.1. The number of hydrogen-bond donors (Lipinski definition) is 1. The fraction of sp³-hybridized carbons (Fsp3) is 0.0714. The van der Waals surface area contributed by atoms with E-state index in [1.165, 1.54) is 6.92 Å². The minimum Gasteiger partial charge on any atom is -0.454 e. The van der Waals surface area contributed by atoms with Crippen molar-refractivity contribution in [3.8, 4) is 11.5 Å². The summed E-state index contributed by atoms with van der Waals surface area (Å²) in [5.41, 5.74) is 6.75. The van der Waals surface area contributed by atoms with Crippen LogP contribution in [0.15, 0.2) is 36.4 Å². The number of nitrogens with two attached hydrogens (primary N) is 1. The van der Waals surface area contributed by atoms with E-state index >= 15 is 0 Å². The molecule has 0 radical (unpaired) electrons. The molecule has 2 rings (SSSR count). The van der Waals surface area contributed by atoms with Crippen LogP contribution in [0.2, 0.25) is 10.0 Å². The Balaban J connectivity index is 2.40. The minimum atomic E-state index is -0.0676. The van der Waals surface area contributed by atoms with Crippen LogP contribution < -0.4 is 10.5 Å². The van der Waals surface area contributed by atoms with E-state index < -0.39 is 0 Å². The van der Waals surface area contributed by atoms with Crippen molar-refractivity contribution < 1.29 is 9.53 Å². The fourth-order valence-electron chi connectivity index (χ4n) is 1.52. The molecule has 0 saturated heterocycles. The van der Waals surface area contributed by atoms with E-state index in [-0.39, 0.29) is 5.78 Å². The van der Waals surface area contributed by atoms with Crippen molar-refractivity contribution in [3.05, 3.63) is 52.0 Å². The Morgan fingerprint density at radius 2 is 1.89 bits per heavy atom. The van der Waals surface area contributed by atoms with Crippen LogP contribution in [-0.4, -0.2) is 5.78 Å². The predicted molar refractivity (Wildman–Crippen MR) is 77.4 cm³/mol. The van der Waals surface area contributed by atoms with Gasteiger partial charge in [-0.2, -0.15) is 0 Å². The number of carbonyl (C=O) groups excluding carboxylic acids is 1. The molecule has 0 amide bonds. The molecule has 0 heterocycles. The Morgan fingerprint density at radius 3 is 2.58 bits per heavy atom. The van der Waals surface area contributed by atoms with Gasteiger partial charge in [-0.25, -0.2) is 0 Å². The highest BCUT2D eigenvalue weighted by Crippen LogP contribution is 2.36. The van der Waals surface area contributed by atoms with Gasteiger partial charge in [-0.1, -0.05) is 29.3 Å². The number of anilines is 1. The second kappa shape index (κ2) is 5.51. The zero-order chi connectivity index (χ0) is 14.0. The molecule has 0 saturated carbocycles. The number of benzene rings is 2. The average Bonchev–Trinajstić information content (AvgIpc) is 2.37. The summed E-state index contributed by atoms with van der Waals surface area (Å²) in [5, 5.41) is 0.692. The summed E-state index contributed by atoms with van der Waals surface area (Å²) in [5.74, 6) is 0.695. The Labute approximate surface area is 120 Å². The molecule has 98 valence electrons. The first-order valence-corrected chi connectivity index (χ1v) is 6.27. The van der Waals surface area contributed by atoms with Crippen LogP contribution in [0, 0.1) is 0 Å².